The average Bonchev–Trinajstić information content (AvgIpc) is 3.10. The lowest BCUT2D eigenvalue weighted by molar-refractivity contribution is -0.125. The van der Waals surface area contributed by atoms with Crippen LogP contribution in [0.2, 0.25) is 0 Å². The molecule has 2 heterocycles. The number of benzene rings is 2. The molecule has 0 spiro atoms. The van der Waals surface area contributed by atoms with Crippen LogP contribution in [0, 0.1) is 12.8 Å². The molecule has 0 saturated carbocycles. The lowest BCUT2D eigenvalue weighted by Crippen LogP contribution is -2.43. The zero-order chi connectivity index (χ0) is 17.9. The first-order valence-electron chi connectivity index (χ1n) is 9.22. The van der Waals surface area contributed by atoms with Crippen molar-refractivity contribution in [1.82, 2.24) is 15.3 Å². The highest BCUT2D eigenvalue weighted by Gasteiger charge is 2.27. The number of fused-ring (bicyclic) bond motifs is 1. The first kappa shape index (κ1) is 16.6. The fourth-order valence-electron chi connectivity index (χ4n) is 3.57. The molecule has 4 rings (SSSR count). The summed E-state index contributed by atoms with van der Waals surface area (Å²) in [7, 11) is 0. The van der Waals surface area contributed by atoms with Crippen molar-refractivity contribution in [3.63, 3.8) is 0 Å². The van der Waals surface area contributed by atoms with Crippen molar-refractivity contribution in [2.75, 3.05) is 18.0 Å². The van der Waals surface area contributed by atoms with Gasteiger partial charge in [-0.2, -0.15) is 0 Å². The highest BCUT2D eigenvalue weighted by Crippen LogP contribution is 2.24. The molecule has 1 aliphatic rings. The van der Waals surface area contributed by atoms with E-state index in [4.69, 9.17) is 4.98 Å². The van der Waals surface area contributed by atoms with Gasteiger partial charge in [-0.25, -0.2) is 4.98 Å². The summed E-state index contributed by atoms with van der Waals surface area (Å²) in [5, 5.41) is 3.08. The Hall–Kier alpha value is -2.82. The number of anilines is 1. The number of H-pyrrole nitrogens is 1. The first-order valence-corrected chi connectivity index (χ1v) is 9.22. The Morgan fingerprint density at radius 2 is 2.12 bits per heavy atom. The Bertz CT molecular complexity index is 903. The zero-order valence-electron chi connectivity index (χ0n) is 15.0. The average molecular weight is 348 g/mol. The normalized spacial score (nSPS) is 17.4. The van der Waals surface area contributed by atoms with Gasteiger partial charge in [0.2, 0.25) is 11.9 Å². The number of carbonyl (C=O) groups is 1. The first-order chi connectivity index (χ1) is 12.7. The molecule has 0 bridgehead atoms. The number of hydrogen-bond donors (Lipinski definition) is 2. The minimum absolute atomic E-state index is 0.00223. The highest BCUT2D eigenvalue weighted by molar-refractivity contribution is 5.80. The van der Waals surface area contributed by atoms with Crippen molar-refractivity contribution in [3.8, 4) is 0 Å². The van der Waals surface area contributed by atoms with Crippen molar-refractivity contribution in [2.45, 2.75) is 26.3 Å². The van der Waals surface area contributed by atoms with Crippen molar-refractivity contribution >= 4 is 22.9 Å². The summed E-state index contributed by atoms with van der Waals surface area (Å²) in [4.78, 5) is 22.9. The number of hydrogen-bond acceptors (Lipinski definition) is 3. The molecular formula is C21H24N4O. The van der Waals surface area contributed by atoms with Gasteiger partial charge in [0.15, 0.2) is 0 Å². The van der Waals surface area contributed by atoms with E-state index in [1.807, 2.05) is 36.4 Å². The van der Waals surface area contributed by atoms with E-state index >= 15 is 0 Å². The van der Waals surface area contributed by atoms with E-state index in [-0.39, 0.29) is 11.8 Å². The summed E-state index contributed by atoms with van der Waals surface area (Å²) in [5.41, 5.74) is 4.36. The Morgan fingerprint density at radius 1 is 1.27 bits per heavy atom. The minimum Gasteiger partial charge on any atom is -0.352 e. The molecule has 134 valence electrons. The maximum Gasteiger partial charge on any atom is 0.225 e. The van der Waals surface area contributed by atoms with Crippen LogP contribution in [-0.2, 0) is 11.3 Å². The predicted octanol–water partition coefficient (Wildman–Crippen LogP) is 3.40. The Labute approximate surface area is 153 Å². The number of imidazole rings is 1. The minimum atomic E-state index is 0.00223. The summed E-state index contributed by atoms with van der Waals surface area (Å²) in [5.74, 6) is 0.999. The molecule has 1 amide bonds. The lowest BCUT2D eigenvalue weighted by atomic mass is 9.97. The van der Waals surface area contributed by atoms with Gasteiger partial charge in [0.25, 0.3) is 0 Å². The Kier molecular flexibility index (Phi) is 4.61. The molecule has 1 unspecified atom stereocenters. The Balaban J connectivity index is 1.42. The maximum absolute atomic E-state index is 12.6. The standard InChI is InChI=1S/C21H24N4O/c1-15-9-10-18-19(12-15)24-21(23-18)25-11-5-8-17(14-25)20(26)22-13-16-6-3-2-4-7-16/h2-4,6-7,9-10,12,17H,5,8,11,13-14H2,1H3,(H,22,26)(H,23,24). The van der Waals surface area contributed by atoms with E-state index < -0.39 is 0 Å². The van der Waals surface area contributed by atoms with E-state index in [1.54, 1.807) is 0 Å². The van der Waals surface area contributed by atoms with E-state index in [1.165, 1.54) is 5.56 Å². The number of aromatic amines is 1. The quantitative estimate of drug-likeness (QED) is 0.760. The lowest BCUT2D eigenvalue weighted by Gasteiger charge is -2.31. The van der Waals surface area contributed by atoms with Gasteiger partial charge in [-0.3, -0.25) is 4.79 Å². The van der Waals surface area contributed by atoms with Crippen LogP contribution in [0.25, 0.3) is 11.0 Å². The van der Waals surface area contributed by atoms with E-state index in [2.05, 4.69) is 34.3 Å². The topological polar surface area (TPSA) is 61.0 Å². The van der Waals surface area contributed by atoms with Gasteiger partial charge in [0.05, 0.1) is 17.0 Å². The van der Waals surface area contributed by atoms with Crippen molar-refractivity contribution in [2.24, 2.45) is 5.92 Å². The Morgan fingerprint density at radius 3 is 2.96 bits per heavy atom. The smallest absolute Gasteiger partial charge is 0.225 e. The van der Waals surface area contributed by atoms with E-state index in [0.717, 1.165) is 41.9 Å². The number of nitrogens with zero attached hydrogens (tertiary/aromatic N) is 2. The van der Waals surface area contributed by atoms with Crippen LogP contribution in [0.4, 0.5) is 5.95 Å². The third kappa shape index (κ3) is 3.57. The summed E-state index contributed by atoms with van der Waals surface area (Å²) >= 11 is 0. The molecule has 3 aromatic rings. The summed E-state index contributed by atoms with van der Waals surface area (Å²) < 4.78 is 0. The fourth-order valence-corrected chi connectivity index (χ4v) is 3.57. The molecule has 5 heteroatoms. The second kappa shape index (κ2) is 7.20. The van der Waals surface area contributed by atoms with Crippen LogP contribution in [0.1, 0.15) is 24.0 Å². The number of amides is 1. The predicted molar refractivity (Wildman–Crippen MR) is 104 cm³/mol. The number of rotatable bonds is 4. The summed E-state index contributed by atoms with van der Waals surface area (Å²) in [6, 6.07) is 16.3. The number of aryl methyl sites for hydroxylation is 1. The molecule has 0 radical (unpaired) electrons. The van der Waals surface area contributed by atoms with Crippen LogP contribution in [0.3, 0.4) is 0 Å². The molecule has 2 N–H and O–H groups in total. The molecule has 0 aliphatic carbocycles. The van der Waals surface area contributed by atoms with Crippen molar-refractivity contribution < 1.29 is 4.79 Å². The van der Waals surface area contributed by atoms with Gasteiger partial charge in [0, 0.05) is 19.6 Å². The van der Waals surface area contributed by atoms with Gasteiger partial charge in [-0.15, -0.1) is 0 Å². The third-order valence-corrected chi connectivity index (χ3v) is 5.03. The van der Waals surface area contributed by atoms with Gasteiger partial charge >= 0.3 is 0 Å². The molecule has 1 aromatic heterocycles. The number of aromatic nitrogens is 2. The highest BCUT2D eigenvalue weighted by atomic mass is 16.1. The second-order valence-corrected chi connectivity index (χ2v) is 7.07. The van der Waals surface area contributed by atoms with Crippen LogP contribution in [0.5, 0.6) is 0 Å². The molecule has 5 nitrogen and oxygen atoms in total. The SMILES string of the molecule is Cc1ccc2nc(N3CCCC(C(=O)NCc4ccccc4)C3)[nH]c2c1. The zero-order valence-corrected chi connectivity index (χ0v) is 15.0. The van der Waals surface area contributed by atoms with Gasteiger partial charge in [0.1, 0.15) is 0 Å². The maximum atomic E-state index is 12.6. The largest absolute Gasteiger partial charge is 0.352 e. The fraction of sp³-hybridized carbons (Fsp3) is 0.333. The molecule has 1 fully saturated rings. The second-order valence-electron chi connectivity index (χ2n) is 7.07. The number of piperidine rings is 1. The van der Waals surface area contributed by atoms with Gasteiger partial charge in [-0.05, 0) is 43.0 Å². The van der Waals surface area contributed by atoms with Gasteiger partial charge in [-0.1, -0.05) is 36.4 Å². The van der Waals surface area contributed by atoms with E-state index in [0.29, 0.717) is 13.1 Å². The molecular weight excluding hydrogens is 324 g/mol. The number of nitrogens with one attached hydrogen (secondary N) is 2. The van der Waals surface area contributed by atoms with Crippen LogP contribution < -0.4 is 10.2 Å². The van der Waals surface area contributed by atoms with Crippen molar-refractivity contribution in [1.29, 1.82) is 0 Å². The summed E-state index contributed by atoms with van der Waals surface area (Å²) in [6.07, 6.45) is 1.93. The van der Waals surface area contributed by atoms with Crippen molar-refractivity contribution in [3.05, 3.63) is 59.7 Å². The molecule has 2 aromatic carbocycles. The van der Waals surface area contributed by atoms with Crippen LogP contribution >= 0.6 is 0 Å². The van der Waals surface area contributed by atoms with Crippen LogP contribution in [0.15, 0.2) is 48.5 Å². The molecule has 1 aliphatic heterocycles. The molecule has 1 saturated heterocycles. The van der Waals surface area contributed by atoms with Gasteiger partial charge < -0.3 is 15.2 Å². The third-order valence-electron chi connectivity index (χ3n) is 5.03. The molecule has 26 heavy (non-hydrogen) atoms. The van der Waals surface area contributed by atoms with Crippen LogP contribution in [-0.4, -0.2) is 29.0 Å². The summed E-state index contributed by atoms with van der Waals surface area (Å²) in [6.45, 7) is 4.30. The van der Waals surface area contributed by atoms with E-state index in [9.17, 15) is 4.79 Å². The molecule has 1 atom stereocenters. The number of carbonyl (C=O) groups excluding carboxylic acids is 1. The monoisotopic (exact) mass is 348 g/mol.